The van der Waals surface area contributed by atoms with Crippen molar-refractivity contribution in [2.45, 2.75) is 70.9 Å². The van der Waals surface area contributed by atoms with Crippen LogP contribution < -0.4 is 16.0 Å². The Morgan fingerprint density at radius 2 is 1.75 bits per heavy atom. The number of amides is 1. The van der Waals surface area contributed by atoms with Crippen LogP contribution in [0.2, 0.25) is 0 Å². The van der Waals surface area contributed by atoms with Crippen LogP contribution in [0.1, 0.15) is 70.9 Å². The lowest BCUT2D eigenvalue weighted by molar-refractivity contribution is -0.121. The number of nitrogens with one attached hydrogen (secondary N) is 3. The van der Waals surface area contributed by atoms with Crippen LogP contribution in [0.4, 0.5) is 0 Å². The monoisotopic (exact) mass is 431 g/mol. The number of carbonyl (C=O) groups excluding carboxylic acids is 1. The second kappa shape index (κ2) is 14.2. The first kappa shape index (κ1) is 27.2. The van der Waals surface area contributed by atoms with Crippen LogP contribution in [-0.2, 0) is 4.79 Å². The Morgan fingerprint density at radius 1 is 1.14 bits per heavy atom. The van der Waals surface area contributed by atoms with Gasteiger partial charge in [-0.25, -0.2) is 0 Å². The highest BCUT2D eigenvalue weighted by Gasteiger charge is 2.28. The van der Waals surface area contributed by atoms with E-state index in [0.717, 1.165) is 32.4 Å². The molecule has 1 amide bonds. The zero-order valence-electron chi connectivity index (χ0n) is 17.6. The molecule has 0 aliphatic carbocycles. The van der Waals surface area contributed by atoms with Gasteiger partial charge in [-0.3, -0.25) is 4.79 Å². The molecule has 1 unspecified atom stereocenters. The number of hydrogen-bond acceptors (Lipinski definition) is 3. The normalized spacial score (nSPS) is 15.8. The number of hydrogen-bond donors (Lipinski definition) is 3. The van der Waals surface area contributed by atoms with E-state index in [2.05, 4.69) is 61.0 Å². The molecule has 162 valence electrons. The predicted molar refractivity (Wildman–Crippen MR) is 124 cm³/mol. The number of piperidine rings is 1. The van der Waals surface area contributed by atoms with Crippen molar-refractivity contribution >= 4 is 30.7 Å². The van der Waals surface area contributed by atoms with Crippen molar-refractivity contribution in [1.29, 1.82) is 0 Å². The van der Waals surface area contributed by atoms with E-state index in [9.17, 15) is 4.79 Å². The third-order valence-corrected chi connectivity index (χ3v) is 6.04. The van der Waals surface area contributed by atoms with Crippen molar-refractivity contribution in [3.63, 3.8) is 0 Å². The summed E-state index contributed by atoms with van der Waals surface area (Å²) in [6.07, 6.45) is 6.08. The van der Waals surface area contributed by atoms with Crippen molar-refractivity contribution < 1.29 is 4.79 Å². The lowest BCUT2D eigenvalue weighted by atomic mass is 9.90. The van der Waals surface area contributed by atoms with Gasteiger partial charge in [-0.2, -0.15) is 0 Å². The lowest BCUT2D eigenvalue weighted by Gasteiger charge is -2.36. The number of halogens is 2. The summed E-state index contributed by atoms with van der Waals surface area (Å²) in [7, 11) is 0. The Morgan fingerprint density at radius 3 is 2.32 bits per heavy atom. The van der Waals surface area contributed by atoms with Gasteiger partial charge in [0.25, 0.3) is 0 Å². The minimum absolute atomic E-state index is 0. The standard InChI is InChI=1S/C22H37N3O.2ClH/c1-4-22(5-2,25-18(3)20-9-7-6-8-10-20)17-24-21(26)12-11-19-13-15-23-16-14-19;;/h6-10,18-19,23,25H,4-5,11-17H2,1-3H3,(H,24,26);2*1H. The fourth-order valence-electron chi connectivity index (χ4n) is 3.90. The SMILES string of the molecule is CCC(CC)(CNC(=O)CCC1CCNCC1)NC(C)c1ccccc1.Cl.Cl. The molecule has 1 aliphatic heterocycles. The zero-order chi connectivity index (χ0) is 18.8. The molecule has 0 bridgehead atoms. The molecule has 1 saturated heterocycles. The second-order valence-electron chi connectivity index (χ2n) is 7.77. The molecule has 0 saturated carbocycles. The van der Waals surface area contributed by atoms with Crippen LogP contribution in [0, 0.1) is 5.92 Å². The Kier molecular flexibility index (Phi) is 13.8. The molecular weight excluding hydrogens is 393 g/mol. The van der Waals surface area contributed by atoms with Crippen LogP contribution >= 0.6 is 24.8 Å². The number of rotatable bonds is 10. The van der Waals surface area contributed by atoms with Gasteiger partial charge in [0.05, 0.1) is 0 Å². The van der Waals surface area contributed by atoms with Crippen LogP contribution in [0.15, 0.2) is 30.3 Å². The predicted octanol–water partition coefficient (Wildman–Crippen LogP) is 4.64. The molecule has 0 aromatic heterocycles. The highest BCUT2D eigenvalue weighted by molar-refractivity contribution is 5.85. The van der Waals surface area contributed by atoms with Gasteiger partial charge >= 0.3 is 0 Å². The first-order valence-corrected chi connectivity index (χ1v) is 10.4. The van der Waals surface area contributed by atoms with E-state index in [4.69, 9.17) is 0 Å². The minimum atomic E-state index is -0.0559. The molecule has 1 fully saturated rings. The summed E-state index contributed by atoms with van der Waals surface area (Å²) >= 11 is 0. The fourth-order valence-corrected chi connectivity index (χ4v) is 3.90. The smallest absolute Gasteiger partial charge is 0.220 e. The van der Waals surface area contributed by atoms with Crippen molar-refractivity contribution in [1.82, 2.24) is 16.0 Å². The Hall–Kier alpha value is -0.810. The summed E-state index contributed by atoms with van der Waals surface area (Å²) in [6, 6.07) is 10.8. The van der Waals surface area contributed by atoms with E-state index >= 15 is 0 Å². The highest BCUT2D eigenvalue weighted by Crippen LogP contribution is 2.22. The Bertz CT molecular complexity index is 532. The van der Waals surface area contributed by atoms with Gasteiger partial charge in [0.1, 0.15) is 0 Å². The third-order valence-electron chi connectivity index (χ3n) is 6.04. The molecule has 28 heavy (non-hydrogen) atoms. The van der Waals surface area contributed by atoms with Gasteiger partial charge in [-0.1, -0.05) is 44.2 Å². The molecule has 0 spiro atoms. The van der Waals surface area contributed by atoms with Crippen LogP contribution in [0.5, 0.6) is 0 Å². The Labute approximate surface area is 183 Å². The fraction of sp³-hybridized carbons (Fsp3) is 0.682. The van der Waals surface area contributed by atoms with Crippen molar-refractivity contribution in [3.05, 3.63) is 35.9 Å². The van der Waals surface area contributed by atoms with Crippen LogP contribution in [0.25, 0.3) is 0 Å². The number of benzene rings is 1. The van der Waals surface area contributed by atoms with Crippen LogP contribution in [-0.4, -0.2) is 31.1 Å². The molecule has 0 radical (unpaired) electrons. The zero-order valence-corrected chi connectivity index (χ0v) is 19.3. The maximum absolute atomic E-state index is 12.4. The van der Waals surface area contributed by atoms with E-state index in [0.29, 0.717) is 18.9 Å². The second-order valence-corrected chi connectivity index (χ2v) is 7.77. The minimum Gasteiger partial charge on any atom is -0.354 e. The van der Waals surface area contributed by atoms with E-state index in [1.807, 2.05) is 6.07 Å². The quantitative estimate of drug-likeness (QED) is 0.505. The summed E-state index contributed by atoms with van der Waals surface area (Å²) in [5, 5.41) is 10.4. The Balaban J connectivity index is 0.00000364. The van der Waals surface area contributed by atoms with Crippen LogP contribution in [0.3, 0.4) is 0 Å². The first-order valence-electron chi connectivity index (χ1n) is 10.4. The summed E-state index contributed by atoms with van der Waals surface area (Å²) in [5.41, 5.74) is 1.23. The van der Waals surface area contributed by atoms with Gasteiger partial charge in [-0.05, 0) is 63.6 Å². The number of carbonyl (C=O) groups is 1. The van der Waals surface area contributed by atoms with Gasteiger partial charge in [0, 0.05) is 24.5 Å². The van der Waals surface area contributed by atoms with E-state index in [-0.39, 0.29) is 42.3 Å². The summed E-state index contributed by atoms with van der Waals surface area (Å²) < 4.78 is 0. The summed E-state index contributed by atoms with van der Waals surface area (Å²) in [6.45, 7) is 9.51. The third kappa shape index (κ3) is 8.69. The van der Waals surface area contributed by atoms with Gasteiger partial charge in [-0.15, -0.1) is 24.8 Å². The molecule has 2 rings (SSSR count). The lowest BCUT2D eigenvalue weighted by Crippen LogP contribution is -2.53. The maximum Gasteiger partial charge on any atom is 0.220 e. The van der Waals surface area contributed by atoms with Crippen molar-refractivity contribution in [2.24, 2.45) is 5.92 Å². The first-order chi connectivity index (χ1) is 12.6. The molecular formula is C22H39Cl2N3O. The summed E-state index contributed by atoms with van der Waals surface area (Å²) in [5.74, 6) is 0.907. The van der Waals surface area contributed by atoms with Crippen molar-refractivity contribution in [3.8, 4) is 0 Å². The molecule has 1 aromatic carbocycles. The van der Waals surface area contributed by atoms with E-state index < -0.39 is 0 Å². The molecule has 6 heteroatoms. The van der Waals surface area contributed by atoms with Gasteiger partial charge < -0.3 is 16.0 Å². The largest absolute Gasteiger partial charge is 0.354 e. The van der Waals surface area contributed by atoms with Gasteiger partial charge in [0.15, 0.2) is 0 Å². The van der Waals surface area contributed by atoms with E-state index in [1.165, 1.54) is 18.4 Å². The maximum atomic E-state index is 12.4. The summed E-state index contributed by atoms with van der Waals surface area (Å²) in [4.78, 5) is 12.4. The molecule has 1 aromatic rings. The average molecular weight is 432 g/mol. The topological polar surface area (TPSA) is 53.2 Å². The molecule has 1 aliphatic rings. The van der Waals surface area contributed by atoms with Crippen molar-refractivity contribution in [2.75, 3.05) is 19.6 Å². The molecule has 3 N–H and O–H groups in total. The average Bonchev–Trinajstić information content (AvgIpc) is 2.71. The molecule has 1 heterocycles. The molecule has 4 nitrogen and oxygen atoms in total. The van der Waals surface area contributed by atoms with Gasteiger partial charge in [0.2, 0.25) is 5.91 Å². The molecule has 1 atom stereocenters. The highest BCUT2D eigenvalue weighted by atomic mass is 35.5. The van der Waals surface area contributed by atoms with E-state index in [1.54, 1.807) is 0 Å².